The van der Waals surface area contributed by atoms with Gasteiger partial charge in [0, 0.05) is 16.8 Å². The molecular weight excluding hydrogens is 305 g/mol. The molecule has 0 aliphatic carbocycles. The second-order valence-electron chi connectivity index (χ2n) is 5.12. The monoisotopic (exact) mass is 321 g/mol. The molecule has 0 aliphatic rings. The van der Waals surface area contributed by atoms with E-state index >= 15 is 0 Å². The van der Waals surface area contributed by atoms with Crippen molar-refractivity contribution in [3.05, 3.63) is 59.1 Å². The SMILES string of the molecule is CC(Cc1c2ccccc2c(Cl)c2ccccc12)NO.Cl. The van der Waals surface area contributed by atoms with Gasteiger partial charge in [-0.05, 0) is 29.7 Å². The summed E-state index contributed by atoms with van der Waals surface area (Å²) in [7, 11) is 0. The summed E-state index contributed by atoms with van der Waals surface area (Å²) in [6.45, 7) is 1.96. The van der Waals surface area contributed by atoms with Gasteiger partial charge < -0.3 is 5.21 Å². The Hall–Kier alpha value is -1.32. The quantitative estimate of drug-likeness (QED) is 0.527. The lowest BCUT2D eigenvalue weighted by Gasteiger charge is -2.16. The molecule has 0 aromatic heterocycles. The van der Waals surface area contributed by atoms with Gasteiger partial charge in [-0.2, -0.15) is 0 Å². The van der Waals surface area contributed by atoms with E-state index < -0.39 is 0 Å². The molecule has 1 unspecified atom stereocenters. The summed E-state index contributed by atoms with van der Waals surface area (Å²) in [5.41, 5.74) is 3.54. The van der Waals surface area contributed by atoms with Crippen LogP contribution in [0.25, 0.3) is 21.5 Å². The minimum atomic E-state index is -0.0111. The van der Waals surface area contributed by atoms with Crippen LogP contribution >= 0.6 is 24.0 Å². The van der Waals surface area contributed by atoms with Crippen molar-refractivity contribution in [3.8, 4) is 0 Å². The molecule has 110 valence electrons. The zero-order valence-electron chi connectivity index (χ0n) is 11.6. The first-order valence-electron chi connectivity index (χ1n) is 6.70. The van der Waals surface area contributed by atoms with Gasteiger partial charge in [-0.3, -0.25) is 0 Å². The zero-order valence-corrected chi connectivity index (χ0v) is 13.2. The van der Waals surface area contributed by atoms with Gasteiger partial charge in [0.05, 0.1) is 5.02 Å². The molecule has 0 amide bonds. The van der Waals surface area contributed by atoms with Crippen LogP contribution in [0.5, 0.6) is 0 Å². The van der Waals surface area contributed by atoms with Crippen LogP contribution in [0.4, 0.5) is 0 Å². The highest BCUT2D eigenvalue weighted by atomic mass is 35.5. The molecule has 0 aliphatic heterocycles. The van der Waals surface area contributed by atoms with E-state index in [4.69, 9.17) is 16.8 Å². The first-order valence-corrected chi connectivity index (χ1v) is 7.07. The normalized spacial score (nSPS) is 12.3. The number of hydroxylamine groups is 1. The van der Waals surface area contributed by atoms with Crippen molar-refractivity contribution in [2.75, 3.05) is 0 Å². The molecule has 0 saturated heterocycles. The van der Waals surface area contributed by atoms with Crippen molar-refractivity contribution in [1.82, 2.24) is 5.48 Å². The van der Waals surface area contributed by atoms with Crippen LogP contribution < -0.4 is 5.48 Å². The molecule has 1 atom stereocenters. The molecule has 0 radical (unpaired) electrons. The predicted molar refractivity (Wildman–Crippen MR) is 91.8 cm³/mol. The number of fused-ring (bicyclic) bond motifs is 2. The number of nitrogens with one attached hydrogen (secondary N) is 1. The predicted octanol–water partition coefficient (Wildman–Crippen LogP) is 4.98. The second kappa shape index (κ2) is 6.63. The van der Waals surface area contributed by atoms with Crippen LogP contribution in [0, 0.1) is 0 Å². The number of hydrogen-bond donors (Lipinski definition) is 2. The van der Waals surface area contributed by atoms with E-state index in [1.165, 1.54) is 5.56 Å². The summed E-state index contributed by atoms with van der Waals surface area (Å²) in [6.07, 6.45) is 0.745. The van der Waals surface area contributed by atoms with Gasteiger partial charge in [-0.25, -0.2) is 5.48 Å². The van der Waals surface area contributed by atoms with Crippen LogP contribution in [0.15, 0.2) is 48.5 Å². The Balaban J connectivity index is 0.00000161. The summed E-state index contributed by atoms with van der Waals surface area (Å²) in [6, 6.07) is 16.3. The molecule has 4 heteroatoms. The smallest absolute Gasteiger partial charge is 0.0562 e. The summed E-state index contributed by atoms with van der Waals surface area (Å²) < 4.78 is 0. The molecule has 2 N–H and O–H groups in total. The van der Waals surface area contributed by atoms with E-state index in [9.17, 15) is 0 Å². The van der Waals surface area contributed by atoms with E-state index in [-0.39, 0.29) is 18.4 Å². The van der Waals surface area contributed by atoms with Crippen LogP contribution in [0.1, 0.15) is 12.5 Å². The lowest BCUT2D eigenvalue weighted by molar-refractivity contribution is 0.133. The molecule has 0 heterocycles. The Labute approximate surface area is 135 Å². The third kappa shape index (κ3) is 2.85. The van der Waals surface area contributed by atoms with Gasteiger partial charge in [0.2, 0.25) is 0 Å². The third-order valence-corrected chi connectivity index (χ3v) is 4.12. The van der Waals surface area contributed by atoms with Crippen LogP contribution in [-0.2, 0) is 6.42 Å². The van der Waals surface area contributed by atoms with E-state index in [1.807, 2.05) is 43.3 Å². The van der Waals surface area contributed by atoms with Crippen molar-refractivity contribution in [2.24, 2.45) is 0 Å². The van der Waals surface area contributed by atoms with Crippen LogP contribution in [-0.4, -0.2) is 11.2 Å². The van der Waals surface area contributed by atoms with E-state index in [0.29, 0.717) is 0 Å². The summed E-state index contributed by atoms with van der Waals surface area (Å²) >= 11 is 6.55. The molecule has 0 bridgehead atoms. The molecule has 21 heavy (non-hydrogen) atoms. The minimum Gasteiger partial charge on any atom is -0.317 e. The van der Waals surface area contributed by atoms with Gasteiger partial charge in [0.1, 0.15) is 0 Å². The first kappa shape index (κ1) is 16.1. The van der Waals surface area contributed by atoms with Crippen molar-refractivity contribution in [3.63, 3.8) is 0 Å². The number of hydrogen-bond acceptors (Lipinski definition) is 2. The highest BCUT2D eigenvalue weighted by molar-refractivity contribution is 6.41. The summed E-state index contributed by atoms with van der Waals surface area (Å²) in [4.78, 5) is 0. The molecule has 3 aromatic carbocycles. The van der Waals surface area contributed by atoms with E-state index in [2.05, 4.69) is 17.6 Å². The van der Waals surface area contributed by atoms with Crippen molar-refractivity contribution in [1.29, 1.82) is 0 Å². The fourth-order valence-corrected chi connectivity index (χ4v) is 3.07. The number of halogens is 2. The fourth-order valence-electron chi connectivity index (χ4n) is 2.74. The molecular formula is C17H17Cl2NO. The van der Waals surface area contributed by atoms with Crippen molar-refractivity contribution < 1.29 is 5.21 Å². The van der Waals surface area contributed by atoms with Gasteiger partial charge in [0.15, 0.2) is 0 Å². The van der Waals surface area contributed by atoms with E-state index in [0.717, 1.165) is 33.0 Å². The van der Waals surface area contributed by atoms with Gasteiger partial charge >= 0.3 is 0 Å². The second-order valence-corrected chi connectivity index (χ2v) is 5.50. The highest BCUT2D eigenvalue weighted by Gasteiger charge is 2.13. The molecule has 0 saturated carbocycles. The third-order valence-electron chi connectivity index (χ3n) is 3.71. The Kier molecular flexibility index (Phi) is 5.07. The lowest BCUT2D eigenvalue weighted by Crippen LogP contribution is -2.24. The van der Waals surface area contributed by atoms with Gasteiger partial charge in [0.25, 0.3) is 0 Å². The molecule has 0 fully saturated rings. The molecule has 2 nitrogen and oxygen atoms in total. The van der Waals surface area contributed by atoms with Crippen LogP contribution in [0.2, 0.25) is 5.02 Å². The topological polar surface area (TPSA) is 32.3 Å². The number of benzene rings is 3. The number of rotatable bonds is 3. The zero-order chi connectivity index (χ0) is 14.1. The molecule has 0 spiro atoms. The Morgan fingerprint density at radius 3 is 1.81 bits per heavy atom. The minimum absolute atomic E-state index is 0. The van der Waals surface area contributed by atoms with E-state index in [1.54, 1.807) is 0 Å². The Morgan fingerprint density at radius 1 is 0.952 bits per heavy atom. The average molecular weight is 322 g/mol. The highest BCUT2D eigenvalue weighted by Crippen LogP contribution is 2.36. The van der Waals surface area contributed by atoms with Gasteiger partial charge in [-0.1, -0.05) is 60.1 Å². The lowest BCUT2D eigenvalue weighted by atomic mass is 9.93. The van der Waals surface area contributed by atoms with Gasteiger partial charge in [-0.15, -0.1) is 12.4 Å². The average Bonchev–Trinajstić information content (AvgIpc) is 2.51. The largest absolute Gasteiger partial charge is 0.317 e. The molecule has 3 aromatic rings. The van der Waals surface area contributed by atoms with Crippen LogP contribution in [0.3, 0.4) is 0 Å². The fraction of sp³-hybridized carbons (Fsp3) is 0.176. The van der Waals surface area contributed by atoms with Crippen molar-refractivity contribution in [2.45, 2.75) is 19.4 Å². The Morgan fingerprint density at radius 2 is 1.38 bits per heavy atom. The maximum Gasteiger partial charge on any atom is 0.0562 e. The summed E-state index contributed by atoms with van der Waals surface area (Å²) in [5, 5.41) is 14.3. The maximum atomic E-state index is 9.12. The van der Waals surface area contributed by atoms with Crippen molar-refractivity contribution >= 4 is 45.6 Å². The Bertz CT molecular complexity index is 716. The summed E-state index contributed by atoms with van der Waals surface area (Å²) in [5.74, 6) is 0. The molecule has 3 rings (SSSR count). The first-order chi connectivity index (χ1) is 9.72. The standard InChI is InChI=1S/C17H16ClNO.ClH/c1-11(19-20)10-16-12-6-2-4-8-14(12)17(18)15-9-5-3-7-13(15)16;/h2-9,11,19-20H,10H2,1H3;1H. The maximum absolute atomic E-state index is 9.12.